The minimum Gasteiger partial charge on any atom is -0.320 e. The third kappa shape index (κ3) is 2.30. The third-order valence-electron chi connectivity index (χ3n) is 3.08. The molecule has 3 rings (SSSR count). The summed E-state index contributed by atoms with van der Waals surface area (Å²) in [5.74, 6) is -2.76. The van der Waals surface area contributed by atoms with Gasteiger partial charge in [-0.25, -0.2) is 13.8 Å². The highest BCUT2D eigenvalue weighted by Gasteiger charge is 2.28. The first-order chi connectivity index (χ1) is 10.5. The number of amides is 1. The Labute approximate surface area is 122 Å². The number of non-ortho nitro benzene ring substituents is 1. The summed E-state index contributed by atoms with van der Waals surface area (Å²) in [6.07, 6.45) is 0. The van der Waals surface area contributed by atoms with E-state index in [1.165, 1.54) is 24.3 Å². The SMILES string of the molecule is O=C1Nc2cc(F)c(F)cc2C1=Nc1ccc([N+](=O)[O-])cc1. The molecule has 1 amide bonds. The number of carbonyl (C=O) groups excluding carboxylic acids is 1. The fourth-order valence-corrected chi connectivity index (χ4v) is 2.04. The quantitative estimate of drug-likeness (QED) is 0.683. The van der Waals surface area contributed by atoms with E-state index in [1.807, 2.05) is 0 Å². The minimum atomic E-state index is -1.09. The number of rotatable bonds is 2. The van der Waals surface area contributed by atoms with Crippen molar-refractivity contribution in [3.05, 3.63) is 63.7 Å². The van der Waals surface area contributed by atoms with E-state index in [1.54, 1.807) is 0 Å². The van der Waals surface area contributed by atoms with Gasteiger partial charge in [0.1, 0.15) is 5.71 Å². The van der Waals surface area contributed by atoms with Crippen LogP contribution in [0.2, 0.25) is 0 Å². The molecule has 1 aliphatic rings. The van der Waals surface area contributed by atoms with Gasteiger partial charge in [-0.2, -0.15) is 0 Å². The van der Waals surface area contributed by atoms with Gasteiger partial charge < -0.3 is 5.32 Å². The molecule has 0 atom stereocenters. The van der Waals surface area contributed by atoms with Crippen LogP contribution in [0.5, 0.6) is 0 Å². The molecule has 0 saturated carbocycles. The monoisotopic (exact) mass is 303 g/mol. The molecule has 0 unspecified atom stereocenters. The van der Waals surface area contributed by atoms with Crippen molar-refractivity contribution < 1.29 is 18.5 Å². The smallest absolute Gasteiger partial charge is 0.275 e. The van der Waals surface area contributed by atoms with Gasteiger partial charge in [-0.3, -0.25) is 14.9 Å². The normalized spacial score (nSPS) is 14.8. The number of carbonyl (C=O) groups is 1. The first kappa shape index (κ1) is 13.8. The lowest BCUT2D eigenvalue weighted by Crippen LogP contribution is -2.13. The zero-order valence-corrected chi connectivity index (χ0v) is 10.8. The largest absolute Gasteiger partial charge is 0.320 e. The average molecular weight is 303 g/mol. The fraction of sp³-hybridized carbons (Fsp3) is 0. The van der Waals surface area contributed by atoms with Crippen LogP contribution in [-0.2, 0) is 4.79 Å². The molecule has 1 heterocycles. The van der Waals surface area contributed by atoms with Crippen molar-refractivity contribution in [1.82, 2.24) is 0 Å². The van der Waals surface area contributed by atoms with Gasteiger partial charge in [-0.05, 0) is 18.2 Å². The minimum absolute atomic E-state index is 0.0808. The molecule has 0 radical (unpaired) electrons. The summed E-state index contributed by atoms with van der Waals surface area (Å²) >= 11 is 0. The molecule has 2 aromatic carbocycles. The van der Waals surface area contributed by atoms with E-state index < -0.39 is 22.5 Å². The van der Waals surface area contributed by atoms with Crippen molar-refractivity contribution in [1.29, 1.82) is 0 Å². The van der Waals surface area contributed by atoms with E-state index >= 15 is 0 Å². The Morgan fingerprint density at radius 3 is 2.36 bits per heavy atom. The molecule has 1 N–H and O–H groups in total. The molecule has 0 aliphatic carbocycles. The molecule has 22 heavy (non-hydrogen) atoms. The summed E-state index contributed by atoms with van der Waals surface area (Å²) in [6.45, 7) is 0. The number of nitro benzene ring substituents is 1. The number of anilines is 1. The van der Waals surface area contributed by atoms with Gasteiger partial charge in [-0.15, -0.1) is 0 Å². The highest BCUT2D eigenvalue weighted by atomic mass is 19.2. The number of halogens is 2. The number of aliphatic imine (C=N–C) groups is 1. The number of nitro groups is 1. The Morgan fingerprint density at radius 2 is 1.73 bits per heavy atom. The van der Waals surface area contributed by atoms with Gasteiger partial charge in [0.15, 0.2) is 11.6 Å². The van der Waals surface area contributed by atoms with Crippen LogP contribution < -0.4 is 5.32 Å². The van der Waals surface area contributed by atoms with Gasteiger partial charge in [0.05, 0.1) is 16.3 Å². The molecular weight excluding hydrogens is 296 g/mol. The van der Waals surface area contributed by atoms with E-state index in [9.17, 15) is 23.7 Å². The van der Waals surface area contributed by atoms with Crippen molar-refractivity contribution in [2.24, 2.45) is 4.99 Å². The molecule has 0 aromatic heterocycles. The molecule has 8 heteroatoms. The highest BCUT2D eigenvalue weighted by Crippen LogP contribution is 2.28. The van der Waals surface area contributed by atoms with Crippen LogP contribution in [0.15, 0.2) is 41.4 Å². The highest BCUT2D eigenvalue weighted by molar-refractivity contribution is 6.54. The number of hydrogen-bond acceptors (Lipinski definition) is 4. The Balaban J connectivity index is 2.04. The predicted molar refractivity (Wildman–Crippen MR) is 74.3 cm³/mol. The molecule has 6 nitrogen and oxygen atoms in total. The van der Waals surface area contributed by atoms with Gasteiger partial charge in [0.2, 0.25) is 0 Å². The van der Waals surface area contributed by atoms with Gasteiger partial charge in [-0.1, -0.05) is 0 Å². The lowest BCUT2D eigenvalue weighted by atomic mass is 10.1. The van der Waals surface area contributed by atoms with E-state index in [0.29, 0.717) is 0 Å². The lowest BCUT2D eigenvalue weighted by Gasteiger charge is -2.00. The number of hydrogen-bond donors (Lipinski definition) is 1. The van der Waals surface area contributed by atoms with Crippen LogP contribution in [0.25, 0.3) is 0 Å². The lowest BCUT2D eigenvalue weighted by molar-refractivity contribution is -0.384. The summed E-state index contributed by atoms with van der Waals surface area (Å²) < 4.78 is 26.5. The molecule has 0 saturated heterocycles. The topological polar surface area (TPSA) is 84.6 Å². The molecule has 110 valence electrons. The summed E-state index contributed by atoms with van der Waals surface area (Å²) in [4.78, 5) is 25.9. The first-order valence-electron chi connectivity index (χ1n) is 6.09. The maximum absolute atomic E-state index is 13.3. The Kier molecular flexibility index (Phi) is 3.13. The molecular formula is C14H7F2N3O3. The van der Waals surface area contributed by atoms with Crippen LogP contribution in [0.1, 0.15) is 5.56 Å². The summed E-state index contributed by atoms with van der Waals surface area (Å²) in [5, 5.41) is 13.0. The van der Waals surface area contributed by atoms with E-state index in [2.05, 4.69) is 10.3 Å². The summed E-state index contributed by atoms with van der Waals surface area (Å²) in [7, 11) is 0. The van der Waals surface area contributed by atoms with E-state index in [0.717, 1.165) is 12.1 Å². The zero-order valence-electron chi connectivity index (χ0n) is 10.8. The van der Waals surface area contributed by atoms with Crippen LogP contribution in [0, 0.1) is 21.7 Å². The average Bonchev–Trinajstić information content (AvgIpc) is 2.76. The van der Waals surface area contributed by atoms with Crippen molar-refractivity contribution in [3.63, 3.8) is 0 Å². The Morgan fingerprint density at radius 1 is 1.09 bits per heavy atom. The maximum atomic E-state index is 13.3. The van der Waals surface area contributed by atoms with Crippen molar-refractivity contribution in [2.75, 3.05) is 5.32 Å². The second-order valence-electron chi connectivity index (χ2n) is 4.50. The number of nitrogens with one attached hydrogen (secondary N) is 1. The maximum Gasteiger partial charge on any atom is 0.275 e. The van der Waals surface area contributed by atoms with Crippen molar-refractivity contribution in [2.45, 2.75) is 0 Å². The van der Waals surface area contributed by atoms with Crippen molar-refractivity contribution in [3.8, 4) is 0 Å². The number of nitrogens with zero attached hydrogens (tertiary/aromatic N) is 2. The summed E-state index contributed by atoms with van der Waals surface area (Å²) in [5.41, 5.74) is 0.358. The second-order valence-corrected chi connectivity index (χ2v) is 4.50. The third-order valence-corrected chi connectivity index (χ3v) is 3.08. The number of benzene rings is 2. The fourth-order valence-electron chi connectivity index (χ4n) is 2.04. The van der Waals surface area contributed by atoms with Gasteiger partial charge >= 0.3 is 0 Å². The van der Waals surface area contributed by atoms with Crippen molar-refractivity contribution >= 4 is 28.7 Å². The Hall–Kier alpha value is -3.16. The molecule has 0 bridgehead atoms. The van der Waals surface area contributed by atoms with E-state index in [4.69, 9.17) is 0 Å². The first-order valence-corrected chi connectivity index (χ1v) is 6.09. The molecule has 1 aliphatic heterocycles. The van der Waals surface area contributed by atoms with Crippen LogP contribution in [0.3, 0.4) is 0 Å². The van der Waals surface area contributed by atoms with Crippen LogP contribution in [-0.4, -0.2) is 16.5 Å². The van der Waals surface area contributed by atoms with E-state index in [-0.39, 0.29) is 28.3 Å². The summed E-state index contributed by atoms with van der Waals surface area (Å²) in [6, 6.07) is 6.94. The number of fused-ring (bicyclic) bond motifs is 1. The molecule has 0 spiro atoms. The molecule has 2 aromatic rings. The van der Waals surface area contributed by atoms with Crippen LogP contribution in [0.4, 0.5) is 25.8 Å². The molecule has 0 fully saturated rings. The van der Waals surface area contributed by atoms with Crippen LogP contribution >= 0.6 is 0 Å². The van der Waals surface area contributed by atoms with Gasteiger partial charge in [0.25, 0.3) is 11.6 Å². The second kappa shape index (κ2) is 4.99. The zero-order chi connectivity index (χ0) is 15.9. The Bertz CT molecular complexity index is 832. The van der Waals surface area contributed by atoms with Gasteiger partial charge in [0, 0.05) is 23.8 Å². The predicted octanol–water partition coefficient (Wildman–Crippen LogP) is 2.95. The standard InChI is InChI=1S/C14H7F2N3O3/c15-10-5-9-12(6-11(10)16)18-14(20)13(9)17-7-1-3-8(4-2-7)19(21)22/h1-6H,(H,17,18,20).